The molecule has 0 bridgehead atoms. The third-order valence-corrected chi connectivity index (χ3v) is 2.81. The Bertz CT molecular complexity index is 140. The molecule has 0 saturated heterocycles. The van der Waals surface area contributed by atoms with Gasteiger partial charge in [-0.25, -0.2) is 0 Å². The Hall–Kier alpha value is -0.330. The van der Waals surface area contributed by atoms with E-state index >= 15 is 0 Å². The molecule has 0 amide bonds. The molecule has 1 nitrogen and oxygen atoms in total. The first-order valence-electron chi connectivity index (χ1n) is 5.34. The summed E-state index contributed by atoms with van der Waals surface area (Å²) in [7, 11) is 0. The van der Waals surface area contributed by atoms with Crippen LogP contribution in [-0.2, 0) is 4.79 Å². The lowest BCUT2D eigenvalue weighted by atomic mass is 9.99. The number of ketones is 1. The van der Waals surface area contributed by atoms with Crippen molar-refractivity contribution in [2.75, 3.05) is 0 Å². The Morgan fingerprint density at radius 1 is 1.33 bits per heavy atom. The lowest BCUT2D eigenvalue weighted by molar-refractivity contribution is -0.117. The normalized spacial score (nSPS) is 23.4. The summed E-state index contributed by atoms with van der Waals surface area (Å²) in [6.07, 6.45) is 9.58. The second-order valence-electron chi connectivity index (χ2n) is 4.00. The summed E-state index contributed by atoms with van der Waals surface area (Å²) in [4.78, 5) is 10.9. The lowest BCUT2D eigenvalue weighted by Gasteiger charge is -2.06. The van der Waals surface area contributed by atoms with Gasteiger partial charge < -0.3 is 0 Å². The number of carbonyl (C=O) groups excluding carboxylic acids is 1. The lowest BCUT2D eigenvalue weighted by Crippen LogP contribution is -1.94. The molecule has 1 atom stereocenters. The SMILES string of the molecule is CCCCCC[C@@H]1CCC(=O)C1. The van der Waals surface area contributed by atoms with Crippen LogP contribution in [-0.4, -0.2) is 5.78 Å². The van der Waals surface area contributed by atoms with E-state index in [0.29, 0.717) is 5.78 Å². The highest BCUT2D eigenvalue weighted by atomic mass is 16.1. The van der Waals surface area contributed by atoms with Crippen LogP contribution in [0, 0.1) is 5.92 Å². The second kappa shape index (κ2) is 5.34. The van der Waals surface area contributed by atoms with Crippen molar-refractivity contribution >= 4 is 5.78 Å². The van der Waals surface area contributed by atoms with Gasteiger partial charge in [-0.3, -0.25) is 4.79 Å². The van der Waals surface area contributed by atoms with Crippen LogP contribution >= 0.6 is 0 Å². The standard InChI is InChI=1S/C11H20O/c1-2-3-4-5-6-10-7-8-11(12)9-10/h10H,2-9H2,1H3/t10-/m1/s1. The molecule has 1 aliphatic carbocycles. The molecule has 70 valence electrons. The average molecular weight is 168 g/mol. The van der Waals surface area contributed by atoms with Gasteiger partial charge in [-0.05, 0) is 12.3 Å². The van der Waals surface area contributed by atoms with E-state index in [9.17, 15) is 4.79 Å². The minimum absolute atomic E-state index is 0.496. The smallest absolute Gasteiger partial charge is 0.133 e. The molecule has 12 heavy (non-hydrogen) atoms. The van der Waals surface area contributed by atoms with E-state index in [1.807, 2.05) is 0 Å². The Morgan fingerprint density at radius 2 is 2.17 bits per heavy atom. The first-order valence-corrected chi connectivity index (χ1v) is 5.34. The minimum atomic E-state index is 0.496. The zero-order valence-corrected chi connectivity index (χ0v) is 8.14. The van der Waals surface area contributed by atoms with Crippen molar-refractivity contribution in [3.63, 3.8) is 0 Å². The van der Waals surface area contributed by atoms with Gasteiger partial charge in [0.25, 0.3) is 0 Å². The van der Waals surface area contributed by atoms with E-state index in [0.717, 1.165) is 18.8 Å². The van der Waals surface area contributed by atoms with Crippen LogP contribution in [0.15, 0.2) is 0 Å². The Balaban J connectivity index is 1.97. The maximum absolute atomic E-state index is 10.9. The highest BCUT2D eigenvalue weighted by molar-refractivity contribution is 5.80. The van der Waals surface area contributed by atoms with Gasteiger partial charge in [-0.15, -0.1) is 0 Å². The van der Waals surface area contributed by atoms with Crippen LogP contribution in [0.3, 0.4) is 0 Å². The summed E-state index contributed by atoms with van der Waals surface area (Å²) in [6, 6.07) is 0. The minimum Gasteiger partial charge on any atom is -0.300 e. The van der Waals surface area contributed by atoms with Crippen LogP contribution < -0.4 is 0 Å². The topological polar surface area (TPSA) is 17.1 Å². The molecule has 1 heteroatoms. The Kier molecular flexibility index (Phi) is 4.34. The van der Waals surface area contributed by atoms with Gasteiger partial charge in [0.15, 0.2) is 0 Å². The predicted octanol–water partition coefficient (Wildman–Crippen LogP) is 3.33. The maximum atomic E-state index is 10.9. The van der Waals surface area contributed by atoms with Crippen molar-refractivity contribution in [3.05, 3.63) is 0 Å². The molecule has 0 spiro atoms. The van der Waals surface area contributed by atoms with Crippen LogP contribution in [0.25, 0.3) is 0 Å². The molecule has 0 aromatic rings. The van der Waals surface area contributed by atoms with Crippen LogP contribution in [0.4, 0.5) is 0 Å². The van der Waals surface area contributed by atoms with E-state index in [1.54, 1.807) is 0 Å². The molecule has 0 heterocycles. The first kappa shape index (κ1) is 9.76. The molecule has 1 aliphatic rings. The molecular weight excluding hydrogens is 148 g/mol. The Morgan fingerprint density at radius 3 is 2.75 bits per heavy atom. The molecule has 1 rings (SSSR count). The highest BCUT2D eigenvalue weighted by Crippen LogP contribution is 2.26. The summed E-state index contributed by atoms with van der Waals surface area (Å²) in [5.74, 6) is 1.24. The molecule has 0 aliphatic heterocycles. The fraction of sp³-hybridized carbons (Fsp3) is 0.909. The van der Waals surface area contributed by atoms with E-state index < -0.39 is 0 Å². The monoisotopic (exact) mass is 168 g/mol. The number of rotatable bonds is 5. The number of carbonyl (C=O) groups is 1. The molecular formula is C11H20O. The Labute approximate surface area is 75.5 Å². The molecule has 0 aromatic heterocycles. The van der Waals surface area contributed by atoms with Gasteiger partial charge >= 0.3 is 0 Å². The van der Waals surface area contributed by atoms with Crippen LogP contribution in [0.1, 0.15) is 58.3 Å². The van der Waals surface area contributed by atoms with E-state index in [2.05, 4.69) is 6.92 Å². The van der Waals surface area contributed by atoms with E-state index in [-0.39, 0.29) is 0 Å². The second-order valence-corrected chi connectivity index (χ2v) is 4.00. The summed E-state index contributed by atoms with van der Waals surface area (Å²) in [6.45, 7) is 2.24. The third-order valence-electron chi connectivity index (χ3n) is 2.81. The van der Waals surface area contributed by atoms with Gasteiger partial charge in [-0.1, -0.05) is 39.0 Å². The van der Waals surface area contributed by atoms with Crippen molar-refractivity contribution in [2.45, 2.75) is 58.3 Å². The fourth-order valence-electron chi connectivity index (χ4n) is 2.00. The summed E-state index contributed by atoms with van der Waals surface area (Å²) < 4.78 is 0. The molecule has 0 aromatic carbocycles. The van der Waals surface area contributed by atoms with Crippen molar-refractivity contribution in [3.8, 4) is 0 Å². The maximum Gasteiger partial charge on any atom is 0.133 e. The van der Waals surface area contributed by atoms with Gasteiger partial charge in [0.05, 0.1) is 0 Å². The number of hydrogen-bond acceptors (Lipinski definition) is 1. The molecule has 0 N–H and O–H groups in total. The largest absolute Gasteiger partial charge is 0.300 e. The van der Waals surface area contributed by atoms with Crippen molar-refractivity contribution in [1.29, 1.82) is 0 Å². The van der Waals surface area contributed by atoms with Crippen molar-refractivity contribution < 1.29 is 4.79 Å². The van der Waals surface area contributed by atoms with Gasteiger partial charge in [0, 0.05) is 12.8 Å². The van der Waals surface area contributed by atoms with Gasteiger partial charge in [0.2, 0.25) is 0 Å². The summed E-state index contributed by atoms with van der Waals surface area (Å²) in [5.41, 5.74) is 0. The number of unbranched alkanes of at least 4 members (excludes halogenated alkanes) is 3. The molecule has 1 fully saturated rings. The predicted molar refractivity (Wildman–Crippen MR) is 51.1 cm³/mol. The first-order chi connectivity index (χ1) is 5.83. The van der Waals surface area contributed by atoms with Crippen molar-refractivity contribution in [2.24, 2.45) is 5.92 Å². The van der Waals surface area contributed by atoms with Gasteiger partial charge in [-0.2, -0.15) is 0 Å². The number of Topliss-reactive ketones (excluding diaryl/α,β-unsaturated/α-hetero) is 1. The quantitative estimate of drug-likeness (QED) is 0.575. The molecule has 1 saturated carbocycles. The fourth-order valence-corrected chi connectivity index (χ4v) is 2.00. The van der Waals surface area contributed by atoms with Crippen LogP contribution in [0.2, 0.25) is 0 Å². The zero-order chi connectivity index (χ0) is 8.81. The summed E-state index contributed by atoms with van der Waals surface area (Å²) >= 11 is 0. The van der Waals surface area contributed by atoms with E-state index in [4.69, 9.17) is 0 Å². The van der Waals surface area contributed by atoms with Crippen LogP contribution in [0.5, 0.6) is 0 Å². The average Bonchev–Trinajstić information content (AvgIpc) is 2.45. The zero-order valence-electron chi connectivity index (χ0n) is 8.14. The summed E-state index contributed by atoms with van der Waals surface area (Å²) in [5, 5.41) is 0. The van der Waals surface area contributed by atoms with E-state index in [1.165, 1.54) is 38.5 Å². The molecule has 0 radical (unpaired) electrons. The van der Waals surface area contributed by atoms with Gasteiger partial charge in [0.1, 0.15) is 5.78 Å². The number of hydrogen-bond donors (Lipinski definition) is 0. The van der Waals surface area contributed by atoms with Crippen molar-refractivity contribution in [1.82, 2.24) is 0 Å². The third kappa shape index (κ3) is 3.38. The molecule has 0 unspecified atom stereocenters. The highest BCUT2D eigenvalue weighted by Gasteiger charge is 2.20.